The molecule has 2 unspecified atom stereocenters. The molecule has 18 heteroatoms. The molecule has 2 atom stereocenters. The van der Waals surface area contributed by atoms with Gasteiger partial charge in [-0.2, -0.15) is 0 Å². The molecule has 3 aromatic carbocycles. The number of unbranched alkanes of at least 4 members (excludes halogenated alkanes) is 2. The van der Waals surface area contributed by atoms with Gasteiger partial charge in [0.1, 0.15) is 28.5 Å². The van der Waals surface area contributed by atoms with Gasteiger partial charge in [0.25, 0.3) is 23.6 Å². The summed E-state index contributed by atoms with van der Waals surface area (Å²) in [5, 5.41) is 48.4. The molecule has 8 bridgehead atoms. The number of phenolic OH excluding ortho intramolecular Hbond substituents is 1. The van der Waals surface area contributed by atoms with Gasteiger partial charge in [-0.3, -0.25) is 19.2 Å². The van der Waals surface area contributed by atoms with Crippen LogP contribution >= 0.6 is 0 Å². The summed E-state index contributed by atoms with van der Waals surface area (Å²) in [6.07, 6.45) is 7.67. The van der Waals surface area contributed by atoms with Crippen molar-refractivity contribution >= 4 is 40.6 Å². The fraction of sp³-hybridized carbons (Fsp3) is 0.433. The molecule has 18 nitrogen and oxygen atoms in total. The quantitative estimate of drug-likeness (QED) is 0.0428. The summed E-state index contributed by atoms with van der Waals surface area (Å²) >= 11 is 0. The predicted molar refractivity (Wildman–Crippen MR) is 300 cm³/mol. The number of nitrogens with zero attached hydrogens (tertiary/aromatic N) is 7. The zero-order valence-corrected chi connectivity index (χ0v) is 45.7. The molecule has 0 radical (unpaired) electrons. The Balaban J connectivity index is 0.000000216. The Morgan fingerprint density at radius 3 is 1.54 bits per heavy atom. The average molecular weight is 1060 g/mol. The molecule has 4 aliphatic heterocycles. The van der Waals surface area contributed by atoms with E-state index in [0.717, 1.165) is 73.4 Å². The molecular weight excluding hydrogens is 987 g/mol. The summed E-state index contributed by atoms with van der Waals surface area (Å²) in [4.78, 5) is 66.6. The first-order chi connectivity index (χ1) is 37.7. The van der Waals surface area contributed by atoms with E-state index in [2.05, 4.69) is 71.0 Å². The lowest BCUT2D eigenvalue weighted by Gasteiger charge is -2.49. The van der Waals surface area contributed by atoms with Gasteiger partial charge < -0.3 is 46.4 Å². The third-order valence-corrected chi connectivity index (χ3v) is 14.4. The topological polar surface area (TPSA) is 264 Å². The van der Waals surface area contributed by atoms with Gasteiger partial charge in [-0.05, 0) is 140 Å². The molecule has 1 fully saturated rings. The van der Waals surface area contributed by atoms with Crippen LogP contribution in [0.25, 0.3) is 16.0 Å². The summed E-state index contributed by atoms with van der Waals surface area (Å²) in [5.41, 5.74) is 15.0. The molecule has 0 spiro atoms. The number of nitrogens with one attached hydrogen (secondary N) is 4. The van der Waals surface area contributed by atoms with Crippen molar-refractivity contribution in [3.8, 4) is 5.75 Å². The summed E-state index contributed by atoms with van der Waals surface area (Å²) in [6, 6.07) is 30.5. The predicted octanol–water partition coefficient (Wildman–Crippen LogP) is 8.00. The number of carbonyl (C=O) groups is 4. The monoisotopic (exact) mass is 1060 g/mol. The van der Waals surface area contributed by atoms with Crippen molar-refractivity contribution in [3.05, 3.63) is 164 Å². The maximum absolute atomic E-state index is 12.7. The second kappa shape index (κ2) is 30.1. The first-order valence-corrected chi connectivity index (χ1v) is 27.4. The van der Waals surface area contributed by atoms with E-state index in [-0.39, 0.29) is 65.3 Å². The maximum Gasteiger partial charge on any atom is 0.270 e. The number of hydrogen-bond acceptors (Lipinski definition) is 12. The average Bonchev–Trinajstić information content (AvgIpc) is 3.48. The fourth-order valence-corrected chi connectivity index (χ4v) is 9.37. The van der Waals surface area contributed by atoms with Crippen LogP contribution in [0.4, 0.5) is 11.4 Å². The van der Waals surface area contributed by atoms with Crippen molar-refractivity contribution in [2.45, 2.75) is 105 Å². The van der Waals surface area contributed by atoms with Crippen molar-refractivity contribution in [2.24, 2.45) is 22.9 Å². The number of rotatable bonds is 13. The number of aromatic nitrogens is 2. The lowest BCUT2D eigenvalue weighted by atomic mass is 9.78. The van der Waals surface area contributed by atoms with Gasteiger partial charge in [0.2, 0.25) is 0 Å². The van der Waals surface area contributed by atoms with E-state index in [1.54, 1.807) is 43.3 Å². The van der Waals surface area contributed by atoms with E-state index < -0.39 is 12.0 Å². The van der Waals surface area contributed by atoms with Crippen LogP contribution in [0, 0.1) is 24.7 Å². The molecule has 11 rings (SSSR count). The molecule has 0 saturated heterocycles. The first-order valence-electron chi connectivity index (χ1n) is 27.4. The molecular formula is C60H75N11O7-2. The van der Waals surface area contributed by atoms with Gasteiger partial charge in [0.15, 0.2) is 0 Å². The molecule has 414 valence electrons. The molecule has 4 amide bonds. The summed E-state index contributed by atoms with van der Waals surface area (Å²) in [7, 11) is 0. The Bertz CT molecular complexity index is 2750. The summed E-state index contributed by atoms with van der Waals surface area (Å²) < 4.78 is 0. The second-order valence-corrected chi connectivity index (χ2v) is 20.0. The Hall–Kier alpha value is -7.95. The number of carbonyl (C=O) groups excluding carboxylic acids is 4. The standard InChI is InChI=1S/C30H32N6O4.C15H19N4O2.C15H25NO/c37-27-23-3-1-4-24(35-23)28(38)32-16-20-9-13-22(14-10-20)18-34-30(40)26-6-2-5-25(36-26)29(39)33-17-21-11-7-19(8-12-21)15-31-27;1-3-19(9-8-17-18-16)12-6-4-11(5-7-12)13-14(20)10(2)15(13)21;1-4-6-10-16(11-7-5-2)14-9-8-13(3)15(17)12-14/h1-8,11-12,20,22H,9-10,13-18H2,(H,31,37)(H,32,38)(H,33,39)(H,34,40);4-7,10,14,21H,3,8-9H2,1-2H3;8-9,12,17H,4-7,10-11H2,1-3H3/q;-1;/p-1. The number of hydrogen-bond donors (Lipinski definition) is 5. The number of azide groups is 1. The highest BCUT2D eigenvalue weighted by atomic mass is 16.3. The van der Waals surface area contributed by atoms with Crippen molar-refractivity contribution < 1.29 is 34.5 Å². The smallest absolute Gasteiger partial charge is 0.270 e. The van der Waals surface area contributed by atoms with Crippen molar-refractivity contribution in [2.75, 3.05) is 55.6 Å². The number of pyridine rings is 2. The lowest BCUT2D eigenvalue weighted by Crippen LogP contribution is -2.47. The Morgan fingerprint density at radius 1 is 0.654 bits per heavy atom. The minimum absolute atomic E-state index is 0.0431. The number of anilines is 2. The van der Waals surface area contributed by atoms with Crippen LogP contribution < -0.4 is 41.3 Å². The molecule has 2 aromatic heterocycles. The molecule has 1 saturated carbocycles. The Labute approximate surface area is 458 Å². The zero-order valence-electron chi connectivity index (χ0n) is 45.7. The van der Waals surface area contributed by atoms with E-state index in [4.69, 9.17) is 5.53 Å². The van der Waals surface area contributed by atoms with Gasteiger partial charge in [-0.15, -0.1) is 5.76 Å². The van der Waals surface area contributed by atoms with E-state index in [1.807, 2.05) is 74.5 Å². The molecule has 2 aliphatic carbocycles. The SMILES string of the molecule is CCCCN(CCCC)c1ccc(C)c(O)c1.CCN(CCN=[N+]=[N-])c1ccc(C2=C([O-])C(C)C2[O-])cc1.O=C1NCc2ccc(cc2)CNC(=O)c2cccc(n2)C(=O)NCC2CCC(CC2)CNC(=O)c2cccc1n2. The van der Waals surface area contributed by atoms with E-state index in [1.165, 1.54) is 25.7 Å². The number of likely N-dealkylation sites (N-methyl/N-ethyl adjacent to an activating group) is 1. The minimum Gasteiger partial charge on any atom is -0.875 e. The normalized spacial score (nSPS) is 18.5. The summed E-state index contributed by atoms with van der Waals surface area (Å²) in [5.74, 6) is -0.714. The highest BCUT2D eigenvalue weighted by Crippen LogP contribution is 2.37. The lowest BCUT2D eigenvalue weighted by molar-refractivity contribution is -0.437. The Morgan fingerprint density at radius 2 is 1.12 bits per heavy atom. The molecule has 6 aliphatic rings. The molecule has 5 N–H and O–H groups in total. The largest absolute Gasteiger partial charge is 0.875 e. The van der Waals surface area contributed by atoms with Crippen molar-refractivity contribution in [3.63, 3.8) is 0 Å². The number of phenols is 1. The highest BCUT2D eigenvalue weighted by Gasteiger charge is 2.25. The molecule has 6 heterocycles. The molecule has 78 heavy (non-hydrogen) atoms. The Kier molecular flexibility index (Phi) is 22.9. The number of amides is 4. The third-order valence-electron chi connectivity index (χ3n) is 14.4. The van der Waals surface area contributed by atoms with Crippen LogP contribution in [0.1, 0.15) is 143 Å². The van der Waals surface area contributed by atoms with Gasteiger partial charge in [0, 0.05) is 81.3 Å². The first kappa shape index (κ1) is 59.3. The van der Waals surface area contributed by atoms with E-state index in [0.29, 0.717) is 54.9 Å². The van der Waals surface area contributed by atoms with Crippen LogP contribution in [0.3, 0.4) is 0 Å². The second-order valence-electron chi connectivity index (χ2n) is 20.0. The molecule has 5 aromatic rings. The van der Waals surface area contributed by atoms with Crippen LogP contribution in [-0.4, -0.2) is 90.6 Å². The van der Waals surface area contributed by atoms with Crippen molar-refractivity contribution in [1.29, 1.82) is 0 Å². The van der Waals surface area contributed by atoms with Crippen LogP contribution in [0.5, 0.6) is 5.75 Å². The van der Waals surface area contributed by atoms with Gasteiger partial charge in [-0.1, -0.05) is 105 Å². The maximum atomic E-state index is 12.7. The highest BCUT2D eigenvalue weighted by molar-refractivity contribution is 5.97. The summed E-state index contributed by atoms with van der Waals surface area (Å²) in [6.45, 7) is 15.7. The number of aryl methyl sites for hydroxylation is 1. The van der Waals surface area contributed by atoms with Gasteiger partial charge in [0.05, 0.1) is 0 Å². The fourth-order valence-electron chi connectivity index (χ4n) is 9.37. The van der Waals surface area contributed by atoms with Crippen LogP contribution in [0.2, 0.25) is 0 Å². The zero-order chi connectivity index (χ0) is 56.0. The minimum atomic E-state index is -0.907. The number of benzene rings is 3. The number of aromatic hydroxyl groups is 1. The van der Waals surface area contributed by atoms with Crippen LogP contribution in [0.15, 0.2) is 114 Å². The van der Waals surface area contributed by atoms with E-state index >= 15 is 0 Å². The van der Waals surface area contributed by atoms with Crippen LogP contribution in [-0.2, 0) is 13.1 Å². The van der Waals surface area contributed by atoms with Crippen molar-refractivity contribution in [1.82, 2.24) is 31.2 Å². The van der Waals surface area contributed by atoms with Gasteiger partial charge in [-0.25, -0.2) is 9.97 Å². The van der Waals surface area contributed by atoms with E-state index in [9.17, 15) is 34.5 Å². The third kappa shape index (κ3) is 17.0. The van der Waals surface area contributed by atoms with Gasteiger partial charge >= 0.3 is 0 Å².